The standard InChI is InChI=1S/C20H34N2O9/c1-12(24)6-3-4-8-15(25)22-14(7-5-10-23)19(29)21-9-11-30-20-18(28)17(27)16(26)13(2)31-20/h10,13-14,16-18,20,26-28H,3-9,11H2,1-2H3,(H,21,29)(H,22,25)/t13-,14-,16+,17+,18-,20+/m0/s1. The summed E-state index contributed by atoms with van der Waals surface area (Å²) in [4.78, 5) is 46.0. The number of nitrogens with one attached hydrogen (secondary N) is 2. The van der Waals surface area contributed by atoms with E-state index < -0.39 is 42.7 Å². The van der Waals surface area contributed by atoms with Crippen LogP contribution in [0.15, 0.2) is 0 Å². The van der Waals surface area contributed by atoms with E-state index in [1.165, 1.54) is 13.8 Å². The molecular formula is C20H34N2O9. The highest BCUT2D eigenvalue weighted by atomic mass is 16.7. The molecule has 178 valence electrons. The number of aliphatic hydroxyl groups excluding tert-OH is 3. The van der Waals surface area contributed by atoms with E-state index in [1.54, 1.807) is 0 Å². The second kappa shape index (κ2) is 14.2. The zero-order valence-corrected chi connectivity index (χ0v) is 18.0. The Bertz CT molecular complexity index is 601. The summed E-state index contributed by atoms with van der Waals surface area (Å²) < 4.78 is 10.6. The molecule has 1 fully saturated rings. The van der Waals surface area contributed by atoms with Crippen LogP contribution in [0.4, 0.5) is 0 Å². The molecule has 0 aromatic rings. The van der Waals surface area contributed by atoms with E-state index in [4.69, 9.17) is 9.47 Å². The number of aliphatic hydroxyl groups is 3. The quantitative estimate of drug-likeness (QED) is 0.158. The van der Waals surface area contributed by atoms with Crippen molar-refractivity contribution >= 4 is 23.9 Å². The Kier molecular flexibility index (Phi) is 12.4. The van der Waals surface area contributed by atoms with Crippen molar-refractivity contribution in [1.82, 2.24) is 10.6 Å². The second-order valence-electron chi connectivity index (χ2n) is 7.62. The molecule has 6 atom stereocenters. The lowest BCUT2D eigenvalue weighted by molar-refractivity contribution is -0.292. The van der Waals surface area contributed by atoms with Crippen LogP contribution in [0, 0.1) is 0 Å². The first-order chi connectivity index (χ1) is 14.7. The largest absolute Gasteiger partial charge is 0.388 e. The number of rotatable bonds is 14. The Balaban J connectivity index is 2.40. The third-order valence-corrected chi connectivity index (χ3v) is 4.90. The second-order valence-corrected chi connectivity index (χ2v) is 7.62. The molecule has 0 unspecified atom stereocenters. The molecule has 0 saturated carbocycles. The number of carbonyl (C=O) groups is 4. The van der Waals surface area contributed by atoms with Crippen molar-refractivity contribution < 1.29 is 44.0 Å². The summed E-state index contributed by atoms with van der Waals surface area (Å²) in [5.74, 6) is -0.778. The van der Waals surface area contributed by atoms with Gasteiger partial charge in [-0.3, -0.25) is 9.59 Å². The van der Waals surface area contributed by atoms with Crippen molar-refractivity contribution in [3.05, 3.63) is 0 Å². The molecule has 0 aromatic heterocycles. The summed E-state index contributed by atoms with van der Waals surface area (Å²) in [5.41, 5.74) is 0. The number of amides is 2. The molecular weight excluding hydrogens is 412 g/mol. The van der Waals surface area contributed by atoms with Gasteiger partial charge in [0.1, 0.15) is 36.4 Å². The maximum absolute atomic E-state index is 12.4. The highest BCUT2D eigenvalue weighted by Gasteiger charge is 2.42. The lowest BCUT2D eigenvalue weighted by Crippen LogP contribution is -2.57. The Morgan fingerprint density at radius 3 is 2.42 bits per heavy atom. The van der Waals surface area contributed by atoms with Gasteiger partial charge in [-0.25, -0.2) is 0 Å². The minimum atomic E-state index is -1.44. The maximum Gasteiger partial charge on any atom is 0.242 e. The number of ether oxygens (including phenoxy) is 2. The Morgan fingerprint density at radius 1 is 1.10 bits per heavy atom. The fourth-order valence-corrected chi connectivity index (χ4v) is 3.05. The van der Waals surface area contributed by atoms with Crippen LogP contribution in [0.25, 0.3) is 0 Å². The van der Waals surface area contributed by atoms with E-state index in [0.29, 0.717) is 25.5 Å². The summed E-state index contributed by atoms with van der Waals surface area (Å²) in [7, 11) is 0. The van der Waals surface area contributed by atoms with Gasteiger partial charge in [0.15, 0.2) is 6.29 Å². The van der Waals surface area contributed by atoms with Gasteiger partial charge in [0.05, 0.1) is 12.7 Å². The predicted octanol–water partition coefficient (Wildman–Crippen LogP) is -1.44. The fourth-order valence-electron chi connectivity index (χ4n) is 3.05. The molecule has 0 spiro atoms. The lowest BCUT2D eigenvalue weighted by Gasteiger charge is -2.38. The molecule has 11 nitrogen and oxygen atoms in total. The molecule has 5 N–H and O–H groups in total. The van der Waals surface area contributed by atoms with Crippen LogP contribution in [0.1, 0.15) is 52.4 Å². The van der Waals surface area contributed by atoms with Gasteiger partial charge in [-0.1, -0.05) is 0 Å². The van der Waals surface area contributed by atoms with Crippen LogP contribution in [0.2, 0.25) is 0 Å². The normalized spacial score (nSPS) is 26.7. The molecule has 1 heterocycles. The van der Waals surface area contributed by atoms with Gasteiger partial charge in [-0.05, 0) is 33.1 Å². The van der Waals surface area contributed by atoms with Crippen molar-refractivity contribution in [1.29, 1.82) is 0 Å². The highest BCUT2D eigenvalue weighted by molar-refractivity contribution is 5.87. The Hall–Kier alpha value is -1.92. The van der Waals surface area contributed by atoms with Crippen LogP contribution in [-0.2, 0) is 28.7 Å². The summed E-state index contributed by atoms with van der Waals surface area (Å²) in [5, 5.41) is 34.5. The Morgan fingerprint density at radius 2 is 1.77 bits per heavy atom. The molecule has 0 radical (unpaired) electrons. The first kappa shape index (κ1) is 27.1. The van der Waals surface area contributed by atoms with Crippen LogP contribution in [0.5, 0.6) is 0 Å². The van der Waals surface area contributed by atoms with Crippen molar-refractivity contribution in [2.75, 3.05) is 13.2 Å². The minimum absolute atomic E-state index is 0.0323. The molecule has 1 saturated heterocycles. The average Bonchev–Trinajstić information content (AvgIpc) is 2.73. The average molecular weight is 446 g/mol. The van der Waals surface area contributed by atoms with E-state index in [-0.39, 0.29) is 44.1 Å². The number of hydrogen-bond donors (Lipinski definition) is 5. The van der Waals surface area contributed by atoms with Gasteiger partial charge < -0.3 is 45.0 Å². The zero-order chi connectivity index (χ0) is 23.4. The number of ketones is 1. The predicted molar refractivity (Wildman–Crippen MR) is 108 cm³/mol. The topological polar surface area (TPSA) is 171 Å². The molecule has 0 bridgehead atoms. The van der Waals surface area contributed by atoms with Gasteiger partial charge in [0, 0.05) is 25.8 Å². The number of unbranched alkanes of at least 4 members (excludes halogenated alkanes) is 1. The van der Waals surface area contributed by atoms with Gasteiger partial charge in [-0.15, -0.1) is 0 Å². The summed E-state index contributed by atoms with van der Waals surface area (Å²) >= 11 is 0. The molecule has 2 amide bonds. The maximum atomic E-state index is 12.4. The highest BCUT2D eigenvalue weighted by Crippen LogP contribution is 2.21. The zero-order valence-electron chi connectivity index (χ0n) is 18.0. The summed E-state index contributed by atoms with van der Waals surface area (Å²) in [6.07, 6.45) is -3.42. The van der Waals surface area contributed by atoms with Gasteiger partial charge in [-0.2, -0.15) is 0 Å². The van der Waals surface area contributed by atoms with Gasteiger partial charge in [0.2, 0.25) is 11.8 Å². The van der Waals surface area contributed by atoms with Crippen LogP contribution >= 0.6 is 0 Å². The third-order valence-electron chi connectivity index (χ3n) is 4.90. The van der Waals surface area contributed by atoms with Crippen molar-refractivity contribution in [3.63, 3.8) is 0 Å². The van der Waals surface area contributed by atoms with E-state index in [2.05, 4.69) is 10.6 Å². The first-order valence-electron chi connectivity index (χ1n) is 10.5. The molecule has 1 aliphatic rings. The first-order valence-corrected chi connectivity index (χ1v) is 10.5. The number of Topliss-reactive ketones (excluding diaryl/α,β-unsaturated/α-hetero) is 1. The number of carbonyl (C=O) groups excluding carboxylic acids is 4. The van der Waals surface area contributed by atoms with E-state index in [9.17, 15) is 34.5 Å². The molecule has 1 rings (SSSR count). The molecule has 31 heavy (non-hydrogen) atoms. The fraction of sp³-hybridized carbons (Fsp3) is 0.800. The minimum Gasteiger partial charge on any atom is -0.388 e. The van der Waals surface area contributed by atoms with Crippen molar-refractivity contribution in [3.8, 4) is 0 Å². The monoisotopic (exact) mass is 446 g/mol. The van der Waals surface area contributed by atoms with Crippen molar-refractivity contribution in [2.45, 2.75) is 89.1 Å². The SMILES string of the molecule is CC(=O)CCCCC(=O)N[C@@H](CCC=O)C(=O)NCCO[C@@H]1O[C@@H](C)[C@@H](O)[C@@H](O)[C@@H]1O. The lowest BCUT2D eigenvalue weighted by atomic mass is 10.0. The van der Waals surface area contributed by atoms with Gasteiger partial charge in [0.25, 0.3) is 0 Å². The summed E-state index contributed by atoms with van der Waals surface area (Å²) in [6, 6.07) is -0.890. The number of aldehydes is 1. The smallest absolute Gasteiger partial charge is 0.242 e. The molecule has 0 aliphatic carbocycles. The number of hydrogen-bond acceptors (Lipinski definition) is 9. The Labute approximate surface area is 181 Å². The van der Waals surface area contributed by atoms with Crippen LogP contribution in [-0.4, -0.2) is 89.1 Å². The van der Waals surface area contributed by atoms with E-state index in [1.807, 2.05) is 0 Å². The van der Waals surface area contributed by atoms with Crippen molar-refractivity contribution in [2.24, 2.45) is 0 Å². The van der Waals surface area contributed by atoms with Gasteiger partial charge >= 0.3 is 0 Å². The molecule has 11 heteroatoms. The summed E-state index contributed by atoms with van der Waals surface area (Å²) in [6.45, 7) is 2.99. The molecule has 0 aromatic carbocycles. The van der Waals surface area contributed by atoms with E-state index in [0.717, 1.165) is 0 Å². The van der Waals surface area contributed by atoms with Crippen LogP contribution < -0.4 is 10.6 Å². The van der Waals surface area contributed by atoms with Crippen LogP contribution in [0.3, 0.4) is 0 Å². The third kappa shape index (κ3) is 9.83. The molecule has 1 aliphatic heterocycles. The van der Waals surface area contributed by atoms with E-state index >= 15 is 0 Å².